The van der Waals surface area contributed by atoms with Gasteiger partial charge in [-0.05, 0) is 87.0 Å². The van der Waals surface area contributed by atoms with Gasteiger partial charge in [0.2, 0.25) is 0 Å². The zero-order valence-electron chi connectivity index (χ0n) is 23.7. The molecule has 9 heteroatoms. The Morgan fingerprint density at radius 2 is 1.67 bits per heavy atom. The van der Waals surface area contributed by atoms with Crippen molar-refractivity contribution >= 4 is 5.97 Å². The van der Waals surface area contributed by atoms with Crippen molar-refractivity contribution in [3.63, 3.8) is 0 Å². The van der Waals surface area contributed by atoms with Crippen LogP contribution in [-0.4, -0.2) is 88.1 Å². The molecule has 0 radical (unpaired) electrons. The smallest absolute Gasteiger partial charge is 0.331 e. The van der Waals surface area contributed by atoms with E-state index in [1.54, 1.807) is 13.0 Å². The van der Waals surface area contributed by atoms with Gasteiger partial charge in [-0.25, -0.2) is 4.79 Å². The summed E-state index contributed by atoms with van der Waals surface area (Å²) in [4.78, 5) is 11.8. The van der Waals surface area contributed by atoms with Crippen molar-refractivity contribution in [2.45, 2.75) is 127 Å². The molecule has 5 fully saturated rings. The standard InChI is InChI=1S/C30H46O9/c1-16-23(32)25(36-4)24(33)26(38-16)39-18-5-9-27(2)20-6-10-28(3)19(17-13-22(31)37-15-17)8-12-30(28,35)21(20)7-11-29(27,34)14-18/h13,16,18-21,23-26,32-35H,5-12,14-15H2,1-4H3/t16-,18-,19-,20-,21+,23+,24-,25+,26?,27+,28+,29-,30-/m0/s1. The number of methoxy groups -OCH3 is 1. The highest BCUT2D eigenvalue weighted by Gasteiger charge is 2.70. The molecule has 4 saturated carbocycles. The molecule has 0 aromatic heterocycles. The molecule has 13 atom stereocenters. The van der Waals surface area contributed by atoms with Gasteiger partial charge in [-0.3, -0.25) is 0 Å². The van der Waals surface area contributed by atoms with Gasteiger partial charge in [0.15, 0.2) is 6.29 Å². The van der Waals surface area contributed by atoms with Gasteiger partial charge in [-0.15, -0.1) is 0 Å². The monoisotopic (exact) mass is 550 g/mol. The number of aliphatic hydroxyl groups is 4. The predicted molar refractivity (Wildman–Crippen MR) is 139 cm³/mol. The topological polar surface area (TPSA) is 135 Å². The van der Waals surface area contributed by atoms with Crippen LogP contribution in [0.3, 0.4) is 0 Å². The van der Waals surface area contributed by atoms with E-state index < -0.39 is 41.9 Å². The summed E-state index contributed by atoms with van der Waals surface area (Å²) in [5.41, 5.74) is -1.43. The van der Waals surface area contributed by atoms with Crippen LogP contribution < -0.4 is 0 Å². The maximum atomic E-state index is 12.4. The van der Waals surface area contributed by atoms with Crippen LogP contribution in [0, 0.1) is 28.6 Å². The van der Waals surface area contributed by atoms with E-state index in [0.717, 1.165) is 37.7 Å². The minimum Gasteiger partial charge on any atom is -0.458 e. The highest BCUT2D eigenvalue weighted by Crippen LogP contribution is 2.70. The summed E-state index contributed by atoms with van der Waals surface area (Å²) in [5, 5.41) is 45.7. The molecule has 0 aromatic carbocycles. The Hall–Kier alpha value is -1.07. The van der Waals surface area contributed by atoms with Crippen LogP contribution in [0.1, 0.15) is 78.6 Å². The number of esters is 1. The van der Waals surface area contributed by atoms with E-state index in [1.807, 2.05) is 0 Å². The highest BCUT2D eigenvalue weighted by molar-refractivity contribution is 5.85. The normalized spacial score (nSPS) is 55.3. The number of hydrogen-bond acceptors (Lipinski definition) is 9. The summed E-state index contributed by atoms with van der Waals surface area (Å²) in [6, 6.07) is 0. The Labute approximate surface area is 230 Å². The Kier molecular flexibility index (Phi) is 6.82. The van der Waals surface area contributed by atoms with Crippen LogP contribution in [0.15, 0.2) is 11.6 Å². The third kappa shape index (κ3) is 3.94. The molecule has 0 aromatic rings. The predicted octanol–water partition coefficient (Wildman–Crippen LogP) is 2.23. The Morgan fingerprint density at radius 3 is 2.36 bits per heavy atom. The Bertz CT molecular complexity index is 1020. The van der Waals surface area contributed by atoms with Crippen LogP contribution in [0.2, 0.25) is 0 Å². The number of carbonyl (C=O) groups is 1. The molecular formula is C30H46O9. The average Bonchev–Trinajstić information content (AvgIpc) is 3.43. The van der Waals surface area contributed by atoms with Gasteiger partial charge in [0, 0.05) is 25.0 Å². The summed E-state index contributed by atoms with van der Waals surface area (Å²) < 4.78 is 22.6. The van der Waals surface area contributed by atoms with E-state index in [-0.39, 0.29) is 40.7 Å². The lowest BCUT2D eigenvalue weighted by atomic mass is 9.42. The summed E-state index contributed by atoms with van der Waals surface area (Å²) in [5.74, 6) is 0.151. The summed E-state index contributed by atoms with van der Waals surface area (Å²) in [7, 11) is 1.45. The van der Waals surface area contributed by atoms with E-state index in [0.29, 0.717) is 32.3 Å². The average molecular weight is 551 g/mol. The first-order valence-electron chi connectivity index (χ1n) is 14.9. The van der Waals surface area contributed by atoms with Crippen LogP contribution in [0.4, 0.5) is 0 Å². The highest BCUT2D eigenvalue weighted by atomic mass is 16.7. The third-order valence-electron chi connectivity index (χ3n) is 12.5. The van der Waals surface area contributed by atoms with Gasteiger partial charge in [-0.2, -0.15) is 0 Å². The maximum absolute atomic E-state index is 12.4. The molecule has 9 nitrogen and oxygen atoms in total. The minimum atomic E-state index is -1.13. The van der Waals surface area contributed by atoms with Crippen LogP contribution in [0.5, 0.6) is 0 Å². The second-order valence-corrected chi connectivity index (χ2v) is 13.9. The molecule has 2 heterocycles. The molecular weight excluding hydrogens is 504 g/mol. The zero-order chi connectivity index (χ0) is 28.0. The number of fused-ring (bicyclic) bond motifs is 5. The van der Waals surface area contributed by atoms with Gasteiger partial charge >= 0.3 is 5.97 Å². The van der Waals surface area contributed by atoms with Crippen molar-refractivity contribution < 1.29 is 44.2 Å². The molecule has 2 aliphatic heterocycles. The molecule has 39 heavy (non-hydrogen) atoms. The number of rotatable bonds is 4. The number of ether oxygens (including phenoxy) is 4. The fourth-order valence-corrected chi connectivity index (χ4v) is 10.1. The van der Waals surface area contributed by atoms with Gasteiger partial charge < -0.3 is 39.4 Å². The van der Waals surface area contributed by atoms with Crippen molar-refractivity contribution in [3.05, 3.63) is 11.6 Å². The first-order valence-corrected chi connectivity index (χ1v) is 14.9. The maximum Gasteiger partial charge on any atom is 0.331 e. The van der Waals surface area contributed by atoms with Crippen molar-refractivity contribution in [1.29, 1.82) is 0 Å². The van der Waals surface area contributed by atoms with Gasteiger partial charge in [0.1, 0.15) is 24.9 Å². The van der Waals surface area contributed by atoms with E-state index >= 15 is 0 Å². The number of hydrogen-bond donors (Lipinski definition) is 4. The lowest BCUT2D eigenvalue weighted by Crippen LogP contribution is -2.67. The molecule has 6 rings (SSSR count). The Morgan fingerprint density at radius 1 is 0.949 bits per heavy atom. The third-order valence-corrected chi connectivity index (χ3v) is 12.5. The molecule has 1 saturated heterocycles. The van der Waals surface area contributed by atoms with Gasteiger partial charge in [0.05, 0.1) is 23.4 Å². The van der Waals surface area contributed by atoms with E-state index in [1.165, 1.54) is 7.11 Å². The lowest BCUT2D eigenvalue weighted by molar-refractivity contribution is -0.321. The summed E-state index contributed by atoms with van der Waals surface area (Å²) in [6.45, 7) is 6.48. The van der Waals surface area contributed by atoms with Gasteiger partial charge in [0.25, 0.3) is 0 Å². The molecule has 220 valence electrons. The Balaban J connectivity index is 1.19. The minimum absolute atomic E-state index is 0.0934. The molecule has 4 aliphatic carbocycles. The van der Waals surface area contributed by atoms with Gasteiger partial charge in [-0.1, -0.05) is 13.8 Å². The van der Waals surface area contributed by atoms with Crippen LogP contribution in [0.25, 0.3) is 0 Å². The van der Waals surface area contributed by atoms with E-state index in [9.17, 15) is 25.2 Å². The van der Waals surface area contributed by atoms with E-state index in [4.69, 9.17) is 18.9 Å². The first kappa shape index (κ1) is 28.1. The first-order chi connectivity index (χ1) is 18.4. The fourth-order valence-electron chi connectivity index (χ4n) is 10.1. The SMILES string of the molecule is CO[C@@H]1[C@H](O)[C@H](C)OC(O[C@H]2CC[C@]3(C)[C@H]4CC[C@]5(C)[C@H](C6=CC(=O)OC6)CC[C@]5(O)[C@@H]4CC[C@]3(O)C2)[C@H]1O. The molecule has 0 amide bonds. The van der Waals surface area contributed by atoms with Crippen molar-refractivity contribution in [3.8, 4) is 0 Å². The van der Waals surface area contributed by atoms with Crippen LogP contribution in [-0.2, 0) is 23.7 Å². The zero-order valence-corrected chi connectivity index (χ0v) is 23.7. The number of cyclic esters (lactones) is 1. The molecule has 0 bridgehead atoms. The van der Waals surface area contributed by atoms with Crippen LogP contribution >= 0.6 is 0 Å². The number of carbonyl (C=O) groups excluding carboxylic acids is 1. The second kappa shape index (κ2) is 9.48. The molecule has 6 aliphatic rings. The largest absolute Gasteiger partial charge is 0.458 e. The summed E-state index contributed by atoms with van der Waals surface area (Å²) in [6.07, 6.45) is 3.58. The summed E-state index contributed by atoms with van der Waals surface area (Å²) >= 11 is 0. The lowest BCUT2D eigenvalue weighted by Gasteiger charge is -2.66. The quantitative estimate of drug-likeness (QED) is 0.307. The van der Waals surface area contributed by atoms with Crippen molar-refractivity contribution in [2.75, 3.05) is 13.7 Å². The van der Waals surface area contributed by atoms with Crippen molar-refractivity contribution in [1.82, 2.24) is 0 Å². The second-order valence-electron chi connectivity index (χ2n) is 13.9. The fraction of sp³-hybridized carbons (Fsp3) is 0.900. The number of aliphatic hydroxyl groups excluding tert-OH is 2. The van der Waals surface area contributed by atoms with Crippen molar-refractivity contribution in [2.24, 2.45) is 28.6 Å². The molecule has 4 N–H and O–H groups in total. The van der Waals surface area contributed by atoms with E-state index in [2.05, 4.69) is 13.8 Å². The molecule has 1 unspecified atom stereocenters. The molecule has 0 spiro atoms.